The minimum Gasteiger partial charge on any atom is -0.484 e. The van der Waals surface area contributed by atoms with Gasteiger partial charge in [0.2, 0.25) is 0 Å². The molecule has 3 aromatic heterocycles. The Labute approximate surface area is 237 Å². The molecule has 6 rings (SSSR count). The Bertz CT molecular complexity index is 1570. The molecule has 5 aromatic rings. The summed E-state index contributed by atoms with van der Waals surface area (Å²) >= 11 is 5.87. The highest BCUT2D eigenvalue weighted by Crippen LogP contribution is 2.42. The first kappa shape index (κ1) is 25.4. The zero-order valence-corrected chi connectivity index (χ0v) is 22.3. The second-order valence-corrected chi connectivity index (χ2v) is 9.72. The molecule has 1 saturated heterocycles. The number of amides is 1. The van der Waals surface area contributed by atoms with E-state index in [2.05, 4.69) is 31.2 Å². The number of ether oxygens (including phenoxy) is 1. The molecule has 1 aliphatic rings. The van der Waals surface area contributed by atoms with Crippen molar-refractivity contribution in [2.45, 2.75) is 18.6 Å². The van der Waals surface area contributed by atoms with Gasteiger partial charge in [0.25, 0.3) is 5.91 Å². The van der Waals surface area contributed by atoms with Crippen molar-refractivity contribution in [2.24, 2.45) is 0 Å². The lowest BCUT2D eigenvalue weighted by Crippen LogP contribution is -2.30. The van der Waals surface area contributed by atoms with Crippen LogP contribution >= 0.6 is 12.2 Å². The quantitative estimate of drug-likeness (QED) is 0.228. The van der Waals surface area contributed by atoms with Crippen LogP contribution in [0, 0.1) is 0 Å². The van der Waals surface area contributed by atoms with Crippen molar-refractivity contribution in [2.75, 3.05) is 16.8 Å². The molecule has 9 heteroatoms. The Morgan fingerprint density at radius 1 is 0.975 bits per heavy atom. The Hall–Kier alpha value is -4.89. The number of pyridine rings is 1. The molecule has 1 amide bonds. The first-order chi connectivity index (χ1) is 19.7. The fourth-order valence-corrected chi connectivity index (χ4v) is 5.26. The summed E-state index contributed by atoms with van der Waals surface area (Å²) in [6.45, 7) is 0.518. The van der Waals surface area contributed by atoms with Crippen LogP contribution in [0.1, 0.15) is 29.2 Å². The molecule has 0 radical (unpaired) electrons. The van der Waals surface area contributed by atoms with E-state index >= 15 is 0 Å². The summed E-state index contributed by atoms with van der Waals surface area (Å²) < 4.78 is 13.4. The molecule has 0 aliphatic carbocycles. The van der Waals surface area contributed by atoms with Gasteiger partial charge in [0.15, 0.2) is 11.7 Å². The highest BCUT2D eigenvalue weighted by Gasteiger charge is 2.42. The van der Waals surface area contributed by atoms with Crippen molar-refractivity contribution in [1.82, 2.24) is 14.9 Å². The molecule has 8 nitrogen and oxygen atoms in total. The van der Waals surface area contributed by atoms with E-state index in [0.717, 1.165) is 22.8 Å². The van der Waals surface area contributed by atoms with Gasteiger partial charge in [-0.15, -0.1) is 0 Å². The van der Waals surface area contributed by atoms with E-state index in [9.17, 15) is 4.79 Å². The van der Waals surface area contributed by atoms with Crippen LogP contribution in [-0.4, -0.2) is 27.2 Å². The van der Waals surface area contributed by atoms with Crippen molar-refractivity contribution in [1.29, 1.82) is 0 Å². The lowest BCUT2D eigenvalue weighted by molar-refractivity contribution is -0.118. The van der Waals surface area contributed by atoms with Crippen LogP contribution in [0.5, 0.6) is 5.75 Å². The van der Waals surface area contributed by atoms with Gasteiger partial charge in [-0.25, -0.2) is 0 Å². The highest BCUT2D eigenvalue weighted by molar-refractivity contribution is 7.80. The van der Waals surface area contributed by atoms with E-state index in [1.807, 2.05) is 97.2 Å². The lowest BCUT2D eigenvalue weighted by Gasteiger charge is -2.29. The summed E-state index contributed by atoms with van der Waals surface area (Å²) in [5.41, 5.74) is 3.52. The molecule has 2 atom stereocenters. The number of anilines is 2. The summed E-state index contributed by atoms with van der Waals surface area (Å²) in [4.78, 5) is 19.2. The Balaban J connectivity index is 1.25. The average molecular weight is 550 g/mol. The van der Waals surface area contributed by atoms with E-state index in [-0.39, 0.29) is 24.6 Å². The fourth-order valence-electron chi connectivity index (χ4n) is 4.91. The lowest BCUT2D eigenvalue weighted by atomic mass is 10.0. The predicted octanol–water partition coefficient (Wildman–Crippen LogP) is 5.72. The number of carbonyl (C=O) groups excluding carboxylic acids is 1. The zero-order chi connectivity index (χ0) is 27.3. The molecule has 0 saturated carbocycles. The SMILES string of the molecule is O=C(COc1ccccc1)Nc1ccc(N2C(=S)N[C@H](c3ccccn3)[C@@H]2c2cccn2Cc2ccco2)cc1. The van der Waals surface area contributed by atoms with Gasteiger partial charge in [-0.1, -0.05) is 24.3 Å². The number of carbonyl (C=O) groups is 1. The fraction of sp³-hybridized carbons (Fsp3) is 0.129. The highest BCUT2D eigenvalue weighted by atomic mass is 32.1. The molecule has 2 aromatic carbocycles. The van der Waals surface area contributed by atoms with Crippen LogP contribution in [0.2, 0.25) is 0 Å². The van der Waals surface area contributed by atoms with E-state index in [4.69, 9.17) is 21.4 Å². The number of nitrogens with zero attached hydrogens (tertiary/aromatic N) is 3. The van der Waals surface area contributed by atoms with Gasteiger partial charge in [0, 0.05) is 29.5 Å². The maximum Gasteiger partial charge on any atom is 0.262 e. The normalized spacial score (nSPS) is 16.5. The third kappa shape index (κ3) is 5.45. The minimum atomic E-state index is -0.237. The number of thiocarbonyl (C=S) groups is 1. The van der Waals surface area contributed by atoms with E-state index < -0.39 is 0 Å². The van der Waals surface area contributed by atoms with Crippen LogP contribution < -0.4 is 20.3 Å². The molecule has 0 spiro atoms. The Morgan fingerprint density at radius 2 is 1.80 bits per heavy atom. The second kappa shape index (κ2) is 11.5. The number of benzene rings is 2. The molecule has 0 unspecified atom stereocenters. The molecule has 40 heavy (non-hydrogen) atoms. The molecule has 200 valence electrons. The van der Waals surface area contributed by atoms with E-state index in [1.54, 1.807) is 12.5 Å². The number of hydrogen-bond donors (Lipinski definition) is 2. The smallest absolute Gasteiger partial charge is 0.262 e. The molecular formula is C31H27N5O3S. The third-order valence-corrected chi connectivity index (χ3v) is 7.03. The summed E-state index contributed by atoms with van der Waals surface area (Å²) in [5, 5.41) is 6.98. The summed E-state index contributed by atoms with van der Waals surface area (Å²) in [6.07, 6.45) is 5.52. The van der Waals surface area contributed by atoms with E-state index in [0.29, 0.717) is 23.1 Å². The Morgan fingerprint density at radius 3 is 2.55 bits per heavy atom. The van der Waals surface area contributed by atoms with Crippen molar-refractivity contribution in [3.05, 3.63) is 133 Å². The van der Waals surface area contributed by atoms with Crippen molar-refractivity contribution >= 4 is 34.6 Å². The largest absolute Gasteiger partial charge is 0.484 e. The number of hydrogen-bond acceptors (Lipinski definition) is 5. The van der Waals surface area contributed by atoms with Crippen molar-refractivity contribution < 1.29 is 13.9 Å². The van der Waals surface area contributed by atoms with Gasteiger partial charge in [0.1, 0.15) is 17.6 Å². The van der Waals surface area contributed by atoms with Gasteiger partial charge in [-0.05, 0) is 85.0 Å². The second-order valence-electron chi connectivity index (χ2n) is 9.33. The monoisotopic (exact) mass is 549 g/mol. The van der Waals surface area contributed by atoms with Crippen molar-refractivity contribution in [3.8, 4) is 5.75 Å². The van der Waals surface area contributed by atoms with Gasteiger partial charge < -0.3 is 29.3 Å². The van der Waals surface area contributed by atoms with Gasteiger partial charge in [-0.3, -0.25) is 9.78 Å². The summed E-state index contributed by atoms with van der Waals surface area (Å²) in [5.74, 6) is 1.27. The maximum atomic E-state index is 12.5. The first-order valence-corrected chi connectivity index (χ1v) is 13.3. The van der Waals surface area contributed by atoms with Crippen LogP contribution in [0.4, 0.5) is 11.4 Å². The van der Waals surface area contributed by atoms with E-state index in [1.165, 1.54) is 0 Å². The van der Waals surface area contributed by atoms with Crippen LogP contribution in [0.3, 0.4) is 0 Å². The average Bonchev–Trinajstić information content (AvgIpc) is 3.74. The third-order valence-electron chi connectivity index (χ3n) is 6.71. The number of para-hydroxylation sites is 1. The summed E-state index contributed by atoms with van der Waals surface area (Å²) in [7, 11) is 0. The van der Waals surface area contributed by atoms with Gasteiger partial charge in [-0.2, -0.15) is 0 Å². The minimum absolute atomic E-state index is 0.0770. The molecule has 4 heterocycles. The van der Waals surface area contributed by atoms with Crippen molar-refractivity contribution in [3.63, 3.8) is 0 Å². The molecular weight excluding hydrogens is 522 g/mol. The van der Waals surface area contributed by atoms with Gasteiger partial charge in [0.05, 0.1) is 24.5 Å². The van der Waals surface area contributed by atoms with Crippen LogP contribution in [0.25, 0.3) is 0 Å². The predicted molar refractivity (Wildman–Crippen MR) is 157 cm³/mol. The topological polar surface area (TPSA) is 84.6 Å². The molecule has 1 aliphatic heterocycles. The molecule has 1 fully saturated rings. The number of nitrogens with one attached hydrogen (secondary N) is 2. The number of aromatic nitrogens is 2. The van der Waals surface area contributed by atoms with Crippen LogP contribution in [-0.2, 0) is 11.3 Å². The first-order valence-electron chi connectivity index (χ1n) is 12.9. The molecule has 2 N–H and O–H groups in total. The standard InChI is InChI=1S/C31H27N5O3S/c37-28(21-39-24-8-2-1-3-9-24)33-22-13-15-23(16-14-22)36-30(29(34-31(36)40)26-11-4-5-17-32-26)27-12-6-18-35(27)20-25-10-7-19-38-25/h1-19,29-30H,20-21H2,(H,33,37)(H,34,40)/t29-,30+/m1/s1. The number of rotatable bonds is 9. The summed E-state index contributed by atoms with van der Waals surface area (Å²) in [6, 6.07) is 30.4. The van der Waals surface area contributed by atoms with Crippen LogP contribution in [0.15, 0.2) is 120 Å². The zero-order valence-electron chi connectivity index (χ0n) is 21.5. The Kier molecular flexibility index (Phi) is 7.28. The maximum absolute atomic E-state index is 12.5. The van der Waals surface area contributed by atoms with Gasteiger partial charge >= 0.3 is 0 Å². The molecule has 0 bridgehead atoms. The number of furan rings is 1.